The Labute approximate surface area is 204 Å². The highest BCUT2D eigenvalue weighted by Gasteiger charge is 2.34. The van der Waals surface area contributed by atoms with Crippen molar-refractivity contribution in [2.45, 2.75) is 32.5 Å². The minimum Gasteiger partial charge on any atom is -0.493 e. The summed E-state index contributed by atoms with van der Waals surface area (Å²) in [6.07, 6.45) is 0.0985. The topological polar surface area (TPSA) is 67.9 Å². The van der Waals surface area contributed by atoms with E-state index >= 15 is 0 Å². The Hall–Kier alpha value is -3.51. The largest absolute Gasteiger partial charge is 0.493 e. The average Bonchev–Trinajstić information content (AvgIpc) is 3.19. The van der Waals surface area contributed by atoms with Crippen LogP contribution in [0.4, 0.5) is 0 Å². The van der Waals surface area contributed by atoms with Crippen LogP contribution in [-0.2, 0) is 17.9 Å². The smallest absolute Gasteiger partial charge is 0.255 e. The monoisotopic (exact) mass is 478 g/mol. The van der Waals surface area contributed by atoms with E-state index in [1.807, 2.05) is 67.6 Å². The summed E-state index contributed by atoms with van der Waals surface area (Å²) in [7, 11) is 1.57. The van der Waals surface area contributed by atoms with Gasteiger partial charge in [0.05, 0.1) is 26.2 Å². The molecule has 34 heavy (non-hydrogen) atoms. The van der Waals surface area contributed by atoms with Gasteiger partial charge in [-0.15, -0.1) is 0 Å². The van der Waals surface area contributed by atoms with Gasteiger partial charge in [-0.3, -0.25) is 9.59 Å². The van der Waals surface area contributed by atoms with Crippen LogP contribution in [0.5, 0.6) is 11.5 Å². The Balaban J connectivity index is 1.60. The summed E-state index contributed by atoms with van der Waals surface area (Å²) >= 11 is 6.23. The van der Waals surface area contributed by atoms with Crippen LogP contribution in [0.3, 0.4) is 0 Å². The zero-order valence-electron chi connectivity index (χ0n) is 19.2. The zero-order valence-corrected chi connectivity index (χ0v) is 20.0. The molecule has 0 spiro atoms. The summed E-state index contributed by atoms with van der Waals surface area (Å²) in [5, 5.41) is 3.54. The summed E-state index contributed by atoms with van der Waals surface area (Å²) < 4.78 is 11.2. The fourth-order valence-corrected chi connectivity index (χ4v) is 4.39. The number of carbonyl (C=O) groups is 2. The molecule has 3 aromatic carbocycles. The number of fused-ring (bicyclic) bond motifs is 1. The van der Waals surface area contributed by atoms with Gasteiger partial charge in [0.15, 0.2) is 11.5 Å². The predicted octanol–water partition coefficient (Wildman–Crippen LogP) is 5.15. The van der Waals surface area contributed by atoms with E-state index in [9.17, 15) is 9.59 Å². The summed E-state index contributed by atoms with van der Waals surface area (Å²) in [5.74, 6) is 0.908. The van der Waals surface area contributed by atoms with E-state index in [4.69, 9.17) is 21.1 Å². The average molecular weight is 479 g/mol. The Morgan fingerprint density at radius 1 is 1.09 bits per heavy atom. The van der Waals surface area contributed by atoms with Crippen LogP contribution >= 0.6 is 11.6 Å². The fourth-order valence-electron chi connectivity index (χ4n) is 4.19. The molecular weight excluding hydrogens is 452 g/mol. The number of carbonyl (C=O) groups excluding carboxylic acids is 2. The summed E-state index contributed by atoms with van der Waals surface area (Å²) in [5.41, 5.74) is 3.25. The van der Waals surface area contributed by atoms with Gasteiger partial charge < -0.3 is 19.7 Å². The molecule has 3 aromatic rings. The van der Waals surface area contributed by atoms with Gasteiger partial charge in [0, 0.05) is 23.7 Å². The third kappa shape index (κ3) is 5.02. The lowest BCUT2D eigenvalue weighted by atomic mass is 10.0. The number of hydrogen-bond donors (Lipinski definition) is 1. The Morgan fingerprint density at radius 3 is 2.59 bits per heavy atom. The van der Waals surface area contributed by atoms with Crippen molar-refractivity contribution in [3.05, 3.63) is 94.0 Å². The molecule has 0 radical (unpaired) electrons. The Morgan fingerprint density at radius 2 is 1.85 bits per heavy atom. The number of rotatable bonds is 9. The minimum absolute atomic E-state index is 0.0904. The van der Waals surface area contributed by atoms with Crippen LogP contribution in [0.1, 0.15) is 46.4 Å². The molecule has 7 heteroatoms. The zero-order chi connectivity index (χ0) is 24.1. The number of halogens is 1. The maximum absolute atomic E-state index is 13.3. The summed E-state index contributed by atoms with van der Waals surface area (Å²) in [6, 6.07) is 20.0. The Kier molecular flexibility index (Phi) is 7.38. The summed E-state index contributed by atoms with van der Waals surface area (Å²) in [4.78, 5) is 28.0. The minimum atomic E-state index is -0.476. The van der Waals surface area contributed by atoms with E-state index in [2.05, 4.69) is 5.32 Å². The third-order valence-electron chi connectivity index (χ3n) is 5.91. The fraction of sp³-hybridized carbons (Fsp3) is 0.259. The molecule has 0 fully saturated rings. The quantitative estimate of drug-likeness (QED) is 0.461. The number of ether oxygens (including phenoxy) is 2. The van der Waals surface area contributed by atoms with Crippen molar-refractivity contribution in [2.75, 3.05) is 13.7 Å². The van der Waals surface area contributed by atoms with Crippen molar-refractivity contribution in [1.29, 1.82) is 0 Å². The van der Waals surface area contributed by atoms with Crippen molar-refractivity contribution >= 4 is 23.4 Å². The number of hydrogen-bond acceptors (Lipinski definition) is 4. The van der Waals surface area contributed by atoms with Gasteiger partial charge in [-0.2, -0.15) is 0 Å². The first kappa shape index (κ1) is 23.6. The molecule has 0 unspecified atom stereocenters. The third-order valence-corrected chi connectivity index (χ3v) is 6.28. The van der Waals surface area contributed by atoms with E-state index in [0.717, 1.165) is 16.7 Å². The van der Waals surface area contributed by atoms with E-state index in [1.54, 1.807) is 18.1 Å². The van der Waals surface area contributed by atoms with Gasteiger partial charge in [-0.05, 0) is 47.9 Å². The molecular formula is C27H27ClN2O4. The van der Waals surface area contributed by atoms with Crippen LogP contribution in [0.25, 0.3) is 0 Å². The first-order chi connectivity index (χ1) is 16.5. The first-order valence-electron chi connectivity index (χ1n) is 11.2. The van der Waals surface area contributed by atoms with E-state index in [0.29, 0.717) is 41.8 Å². The lowest BCUT2D eigenvalue weighted by Crippen LogP contribution is -2.34. The second-order valence-electron chi connectivity index (χ2n) is 8.02. The van der Waals surface area contributed by atoms with Crippen molar-refractivity contribution in [1.82, 2.24) is 10.2 Å². The maximum Gasteiger partial charge on any atom is 0.255 e. The molecule has 4 rings (SSSR count). The Bertz CT molecular complexity index is 1200. The van der Waals surface area contributed by atoms with Crippen LogP contribution in [0.2, 0.25) is 5.02 Å². The molecule has 0 saturated heterocycles. The lowest BCUT2D eigenvalue weighted by molar-refractivity contribution is -0.122. The van der Waals surface area contributed by atoms with Crippen molar-refractivity contribution in [3.8, 4) is 11.5 Å². The number of benzene rings is 3. The molecule has 176 valence electrons. The van der Waals surface area contributed by atoms with Gasteiger partial charge in [0.25, 0.3) is 5.91 Å². The van der Waals surface area contributed by atoms with E-state index in [1.165, 1.54) is 0 Å². The second kappa shape index (κ2) is 10.6. The molecule has 1 aliphatic rings. The standard InChI is InChI=1S/C27H27ClN2O4/c1-3-34-24-13-12-18(14-25(24)33-2)23(30-17-20-9-4-6-10-21(20)27(30)32)15-26(31)29-16-19-8-5-7-11-22(19)28/h4-14,23H,3,15-17H2,1-2H3,(H,29,31)/t23-/m0/s1. The highest BCUT2D eigenvalue weighted by atomic mass is 35.5. The van der Waals surface area contributed by atoms with Gasteiger partial charge in [0.2, 0.25) is 5.91 Å². The van der Waals surface area contributed by atoms with Crippen molar-refractivity contribution < 1.29 is 19.1 Å². The molecule has 0 saturated carbocycles. The number of nitrogens with zero attached hydrogens (tertiary/aromatic N) is 1. The molecule has 1 aliphatic heterocycles. The van der Waals surface area contributed by atoms with Crippen LogP contribution in [-0.4, -0.2) is 30.4 Å². The summed E-state index contributed by atoms with van der Waals surface area (Å²) in [6.45, 7) is 3.15. The molecule has 1 atom stereocenters. The van der Waals surface area contributed by atoms with Crippen LogP contribution < -0.4 is 14.8 Å². The second-order valence-corrected chi connectivity index (χ2v) is 8.43. The highest BCUT2D eigenvalue weighted by molar-refractivity contribution is 6.31. The SMILES string of the molecule is CCOc1ccc([C@H](CC(=O)NCc2ccccc2Cl)N2Cc3ccccc3C2=O)cc1OC. The maximum atomic E-state index is 13.3. The molecule has 0 bridgehead atoms. The molecule has 1 heterocycles. The molecule has 6 nitrogen and oxygen atoms in total. The van der Waals surface area contributed by atoms with Crippen LogP contribution in [0.15, 0.2) is 66.7 Å². The van der Waals surface area contributed by atoms with E-state index < -0.39 is 6.04 Å². The number of methoxy groups -OCH3 is 1. The number of nitrogens with one attached hydrogen (secondary N) is 1. The first-order valence-corrected chi connectivity index (χ1v) is 11.6. The molecule has 1 N–H and O–H groups in total. The van der Waals surface area contributed by atoms with Crippen molar-refractivity contribution in [2.24, 2.45) is 0 Å². The van der Waals surface area contributed by atoms with Gasteiger partial charge in [-0.25, -0.2) is 0 Å². The normalized spacial score (nSPS) is 13.4. The number of amides is 2. The van der Waals surface area contributed by atoms with Crippen molar-refractivity contribution in [3.63, 3.8) is 0 Å². The van der Waals surface area contributed by atoms with E-state index in [-0.39, 0.29) is 18.2 Å². The van der Waals surface area contributed by atoms with Crippen LogP contribution in [0, 0.1) is 0 Å². The molecule has 0 aromatic heterocycles. The molecule has 0 aliphatic carbocycles. The van der Waals surface area contributed by atoms with Gasteiger partial charge in [-0.1, -0.05) is 54.1 Å². The van der Waals surface area contributed by atoms with Gasteiger partial charge in [0.1, 0.15) is 0 Å². The predicted molar refractivity (Wildman–Crippen MR) is 131 cm³/mol. The van der Waals surface area contributed by atoms with Gasteiger partial charge >= 0.3 is 0 Å². The highest BCUT2D eigenvalue weighted by Crippen LogP contribution is 2.37. The lowest BCUT2D eigenvalue weighted by Gasteiger charge is -2.28. The molecule has 2 amide bonds.